The summed E-state index contributed by atoms with van der Waals surface area (Å²) in [6, 6.07) is 9.95. The molecule has 5 nitrogen and oxygen atoms in total. The maximum Gasteiger partial charge on any atom is 0.0670 e. The summed E-state index contributed by atoms with van der Waals surface area (Å²) < 4.78 is 2.03. The summed E-state index contributed by atoms with van der Waals surface area (Å²) in [6.07, 6.45) is 1.33. The number of rotatable bonds is 6. The van der Waals surface area contributed by atoms with Crippen LogP contribution in [0.2, 0.25) is 0 Å². The number of nitrogen functional groups attached to an aromatic ring is 1. The molecule has 1 aromatic heterocycles. The van der Waals surface area contributed by atoms with Crippen molar-refractivity contribution in [2.75, 3.05) is 17.6 Å². The van der Waals surface area contributed by atoms with Crippen molar-refractivity contribution in [3.63, 3.8) is 0 Å². The molecule has 1 heterocycles. The highest BCUT2D eigenvalue weighted by atomic mass is 15.3. The minimum atomic E-state index is 0.340. The fourth-order valence-corrected chi connectivity index (χ4v) is 2.32. The topological polar surface area (TPSA) is 79.7 Å². The molecule has 0 aliphatic rings. The van der Waals surface area contributed by atoms with Gasteiger partial charge in [-0.05, 0) is 50.1 Å². The number of aryl methyl sites for hydroxylation is 3. The first kappa shape index (κ1) is 14.9. The standard InChI is InChI=1S/C16H21N5/c1-12-10-13(2)21(20-12)9-3-8-19-15-4-5-16(18)14(11-15)6-7-17/h4-5,10-11,19H,3,6,8-9,18H2,1-2H3. The van der Waals surface area contributed by atoms with Crippen LogP contribution in [0, 0.1) is 25.2 Å². The van der Waals surface area contributed by atoms with E-state index >= 15 is 0 Å². The molecule has 0 fully saturated rings. The zero-order valence-corrected chi connectivity index (χ0v) is 12.6. The van der Waals surface area contributed by atoms with Gasteiger partial charge < -0.3 is 11.1 Å². The molecule has 0 aliphatic heterocycles. The first-order valence-corrected chi connectivity index (χ1v) is 7.10. The van der Waals surface area contributed by atoms with Crippen molar-refractivity contribution in [3.8, 4) is 6.07 Å². The smallest absolute Gasteiger partial charge is 0.0670 e. The second-order valence-corrected chi connectivity index (χ2v) is 5.18. The molecule has 0 amide bonds. The third kappa shape index (κ3) is 3.99. The van der Waals surface area contributed by atoms with Crippen LogP contribution in [0.15, 0.2) is 24.3 Å². The predicted molar refractivity (Wildman–Crippen MR) is 85.0 cm³/mol. The van der Waals surface area contributed by atoms with Gasteiger partial charge in [0, 0.05) is 30.2 Å². The summed E-state index contributed by atoms with van der Waals surface area (Å²) in [5.41, 5.74) is 10.6. The van der Waals surface area contributed by atoms with Gasteiger partial charge in [0.15, 0.2) is 0 Å². The molecule has 0 spiro atoms. The van der Waals surface area contributed by atoms with Crippen LogP contribution < -0.4 is 11.1 Å². The summed E-state index contributed by atoms with van der Waals surface area (Å²) in [5.74, 6) is 0. The highest BCUT2D eigenvalue weighted by molar-refractivity contribution is 5.57. The molecule has 110 valence electrons. The molecule has 0 atom stereocenters. The number of nitriles is 1. The normalized spacial score (nSPS) is 10.3. The van der Waals surface area contributed by atoms with E-state index in [0.29, 0.717) is 12.1 Å². The van der Waals surface area contributed by atoms with Gasteiger partial charge in [0.1, 0.15) is 0 Å². The van der Waals surface area contributed by atoms with Crippen LogP contribution in [0.25, 0.3) is 0 Å². The molecule has 0 saturated heterocycles. The average molecular weight is 283 g/mol. The average Bonchev–Trinajstić information content (AvgIpc) is 2.77. The van der Waals surface area contributed by atoms with E-state index in [9.17, 15) is 0 Å². The number of aromatic nitrogens is 2. The third-order valence-electron chi connectivity index (χ3n) is 3.39. The van der Waals surface area contributed by atoms with Gasteiger partial charge in [-0.15, -0.1) is 0 Å². The van der Waals surface area contributed by atoms with Gasteiger partial charge in [-0.25, -0.2) is 0 Å². The first-order valence-electron chi connectivity index (χ1n) is 7.10. The number of hydrogen-bond donors (Lipinski definition) is 2. The summed E-state index contributed by atoms with van der Waals surface area (Å²) in [4.78, 5) is 0. The Bertz CT molecular complexity index is 651. The van der Waals surface area contributed by atoms with Gasteiger partial charge in [-0.2, -0.15) is 10.4 Å². The third-order valence-corrected chi connectivity index (χ3v) is 3.39. The molecule has 0 saturated carbocycles. The zero-order valence-electron chi connectivity index (χ0n) is 12.6. The molecule has 2 aromatic rings. The van der Waals surface area contributed by atoms with Crippen molar-refractivity contribution in [3.05, 3.63) is 41.2 Å². The molecule has 0 aliphatic carbocycles. The Morgan fingerprint density at radius 3 is 2.81 bits per heavy atom. The van der Waals surface area contributed by atoms with Gasteiger partial charge in [0.25, 0.3) is 0 Å². The van der Waals surface area contributed by atoms with Gasteiger partial charge in [0.2, 0.25) is 0 Å². The summed E-state index contributed by atoms with van der Waals surface area (Å²) in [5, 5.41) is 16.6. The molecular weight excluding hydrogens is 262 g/mol. The number of anilines is 2. The van der Waals surface area contributed by atoms with E-state index in [1.165, 1.54) is 5.69 Å². The molecular formula is C16H21N5. The van der Waals surface area contributed by atoms with E-state index < -0.39 is 0 Å². The summed E-state index contributed by atoms with van der Waals surface area (Å²) >= 11 is 0. The van der Waals surface area contributed by atoms with E-state index in [0.717, 1.165) is 36.5 Å². The number of nitrogens with one attached hydrogen (secondary N) is 1. The van der Waals surface area contributed by atoms with Crippen LogP contribution in [-0.4, -0.2) is 16.3 Å². The number of nitrogens with two attached hydrogens (primary N) is 1. The van der Waals surface area contributed by atoms with Crippen molar-refractivity contribution in [2.24, 2.45) is 0 Å². The van der Waals surface area contributed by atoms with Crippen LogP contribution in [0.4, 0.5) is 11.4 Å². The Morgan fingerprint density at radius 1 is 1.33 bits per heavy atom. The fraction of sp³-hybridized carbons (Fsp3) is 0.375. The van der Waals surface area contributed by atoms with E-state index in [1.54, 1.807) is 0 Å². The van der Waals surface area contributed by atoms with Crippen LogP contribution in [0.5, 0.6) is 0 Å². The molecule has 21 heavy (non-hydrogen) atoms. The Balaban J connectivity index is 1.85. The SMILES string of the molecule is Cc1cc(C)n(CCCNc2ccc(N)c(CC#N)c2)n1. The second kappa shape index (κ2) is 6.80. The number of benzene rings is 1. The Labute approximate surface area is 125 Å². The first-order chi connectivity index (χ1) is 10.1. The Hall–Kier alpha value is -2.48. The van der Waals surface area contributed by atoms with Gasteiger partial charge in [-0.3, -0.25) is 4.68 Å². The molecule has 5 heteroatoms. The minimum absolute atomic E-state index is 0.340. The van der Waals surface area contributed by atoms with Gasteiger partial charge in [0.05, 0.1) is 18.2 Å². The lowest BCUT2D eigenvalue weighted by Gasteiger charge is -2.10. The lowest BCUT2D eigenvalue weighted by molar-refractivity contribution is 0.574. The van der Waals surface area contributed by atoms with Crippen LogP contribution >= 0.6 is 0 Å². The predicted octanol–water partition coefficient (Wildman–Crippen LogP) is 2.65. The fourth-order valence-electron chi connectivity index (χ4n) is 2.32. The summed E-state index contributed by atoms with van der Waals surface area (Å²) in [7, 11) is 0. The van der Waals surface area contributed by atoms with E-state index in [2.05, 4.69) is 29.5 Å². The van der Waals surface area contributed by atoms with Crippen molar-refractivity contribution < 1.29 is 0 Å². The maximum absolute atomic E-state index is 8.77. The second-order valence-electron chi connectivity index (χ2n) is 5.18. The van der Waals surface area contributed by atoms with Crippen molar-refractivity contribution in [1.82, 2.24) is 9.78 Å². The lowest BCUT2D eigenvalue weighted by atomic mass is 10.1. The Kier molecular flexibility index (Phi) is 4.83. The molecule has 1 aromatic carbocycles. The van der Waals surface area contributed by atoms with Crippen LogP contribution in [0.3, 0.4) is 0 Å². The monoisotopic (exact) mass is 283 g/mol. The number of nitrogens with zero attached hydrogens (tertiary/aromatic N) is 3. The highest BCUT2D eigenvalue weighted by Gasteiger charge is 2.02. The van der Waals surface area contributed by atoms with Crippen LogP contribution in [0.1, 0.15) is 23.4 Å². The van der Waals surface area contributed by atoms with Crippen LogP contribution in [-0.2, 0) is 13.0 Å². The zero-order chi connectivity index (χ0) is 15.2. The number of hydrogen-bond acceptors (Lipinski definition) is 4. The van der Waals surface area contributed by atoms with Gasteiger partial charge >= 0.3 is 0 Å². The molecule has 0 radical (unpaired) electrons. The quantitative estimate of drug-likeness (QED) is 0.631. The van der Waals surface area contributed by atoms with Crippen molar-refractivity contribution >= 4 is 11.4 Å². The van der Waals surface area contributed by atoms with E-state index in [1.807, 2.05) is 29.8 Å². The minimum Gasteiger partial charge on any atom is -0.398 e. The maximum atomic E-state index is 8.77. The van der Waals surface area contributed by atoms with Crippen molar-refractivity contribution in [1.29, 1.82) is 5.26 Å². The van der Waals surface area contributed by atoms with Crippen molar-refractivity contribution in [2.45, 2.75) is 33.2 Å². The molecule has 0 bridgehead atoms. The molecule has 2 rings (SSSR count). The summed E-state index contributed by atoms with van der Waals surface area (Å²) in [6.45, 7) is 5.83. The highest BCUT2D eigenvalue weighted by Crippen LogP contribution is 2.18. The van der Waals surface area contributed by atoms with Gasteiger partial charge in [-0.1, -0.05) is 0 Å². The van der Waals surface area contributed by atoms with E-state index in [4.69, 9.17) is 11.0 Å². The molecule has 3 N–H and O–H groups in total. The Morgan fingerprint density at radius 2 is 2.14 bits per heavy atom. The molecule has 0 unspecified atom stereocenters. The van der Waals surface area contributed by atoms with E-state index in [-0.39, 0.29) is 0 Å². The lowest BCUT2D eigenvalue weighted by Crippen LogP contribution is -2.09. The largest absolute Gasteiger partial charge is 0.398 e.